The van der Waals surface area contributed by atoms with Crippen LogP contribution in [0.2, 0.25) is 0 Å². The monoisotopic (exact) mass is 410 g/mol. The van der Waals surface area contributed by atoms with Gasteiger partial charge in [0.2, 0.25) is 0 Å². The molecule has 0 bridgehead atoms. The van der Waals surface area contributed by atoms with Gasteiger partial charge in [-0.3, -0.25) is 24.0 Å². The van der Waals surface area contributed by atoms with Crippen molar-refractivity contribution >= 4 is 23.8 Å². The molecule has 0 radical (unpaired) electrons. The number of nitrogens with one attached hydrogen (secondary N) is 1. The standard InChI is InChI=1S/C13H13NO5.C6H13NO3/c1-8(13(17)18)6-7-19-14-11(15)9-4-2-3-5-10(9)12(14)16;1-5(6(8)9)3-4-10-7-2/h2-5,8H,6-7H2,1H3,(H,17,18);5,7H,3-4H2,1-2H3,(H,8,9). The van der Waals surface area contributed by atoms with Crippen LogP contribution < -0.4 is 5.48 Å². The molecule has 0 fully saturated rings. The van der Waals surface area contributed by atoms with Crippen LogP contribution in [-0.2, 0) is 19.3 Å². The number of benzene rings is 1. The van der Waals surface area contributed by atoms with Gasteiger partial charge >= 0.3 is 11.9 Å². The second-order valence-corrected chi connectivity index (χ2v) is 6.39. The number of amides is 2. The first kappa shape index (κ1) is 24.2. The van der Waals surface area contributed by atoms with E-state index in [4.69, 9.17) is 19.9 Å². The zero-order chi connectivity index (χ0) is 22.0. The van der Waals surface area contributed by atoms with Crippen LogP contribution in [0.5, 0.6) is 0 Å². The number of carboxylic acid groups (broad SMARTS) is 2. The topological polar surface area (TPSA) is 142 Å². The van der Waals surface area contributed by atoms with E-state index < -0.39 is 29.7 Å². The van der Waals surface area contributed by atoms with Crippen molar-refractivity contribution in [2.45, 2.75) is 26.7 Å². The molecule has 3 N–H and O–H groups in total. The van der Waals surface area contributed by atoms with Gasteiger partial charge in [-0.15, -0.1) is 5.06 Å². The number of nitrogens with zero attached hydrogens (tertiary/aromatic N) is 1. The highest BCUT2D eigenvalue weighted by molar-refractivity contribution is 6.20. The van der Waals surface area contributed by atoms with Gasteiger partial charge in [0.15, 0.2) is 0 Å². The number of carboxylic acids is 2. The SMILES string of the molecule is CC(CCON1C(=O)c2ccccc2C1=O)C(=O)O.CNOCCC(C)C(=O)O. The van der Waals surface area contributed by atoms with Crippen LogP contribution in [0.1, 0.15) is 47.4 Å². The fourth-order valence-corrected chi connectivity index (χ4v) is 2.19. The molecule has 29 heavy (non-hydrogen) atoms. The molecule has 0 spiro atoms. The summed E-state index contributed by atoms with van der Waals surface area (Å²) in [6.45, 7) is 3.62. The molecular formula is C19H26N2O8. The summed E-state index contributed by atoms with van der Waals surface area (Å²) in [5, 5.41) is 17.8. The summed E-state index contributed by atoms with van der Waals surface area (Å²) < 4.78 is 0. The number of rotatable bonds is 10. The molecule has 0 aliphatic carbocycles. The smallest absolute Gasteiger partial charge is 0.306 e. The van der Waals surface area contributed by atoms with Crippen LogP contribution in [0.25, 0.3) is 0 Å². The maximum atomic E-state index is 11.9. The lowest BCUT2D eigenvalue weighted by Crippen LogP contribution is -2.31. The number of aliphatic carboxylic acids is 2. The number of carbonyl (C=O) groups is 4. The number of hydrogen-bond acceptors (Lipinski definition) is 7. The number of fused-ring (bicyclic) bond motifs is 1. The molecule has 0 saturated heterocycles. The number of carbonyl (C=O) groups excluding carboxylic acids is 2. The van der Waals surface area contributed by atoms with Crippen molar-refractivity contribution in [1.82, 2.24) is 10.5 Å². The van der Waals surface area contributed by atoms with Crippen LogP contribution in [0.15, 0.2) is 24.3 Å². The van der Waals surface area contributed by atoms with Gasteiger partial charge in [-0.2, -0.15) is 0 Å². The minimum Gasteiger partial charge on any atom is -0.481 e. The van der Waals surface area contributed by atoms with Crippen LogP contribution in [0, 0.1) is 11.8 Å². The molecule has 2 rings (SSSR count). The normalized spacial score (nSPS) is 14.7. The second kappa shape index (κ2) is 11.9. The Morgan fingerprint density at radius 2 is 1.41 bits per heavy atom. The molecule has 0 saturated carbocycles. The average Bonchev–Trinajstić information content (AvgIpc) is 2.93. The van der Waals surface area contributed by atoms with Crippen LogP contribution in [0.4, 0.5) is 0 Å². The lowest BCUT2D eigenvalue weighted by atomic mass is 10.1. The Bertz CT molecular complexity index is 702. The molecule has 1 aliphatic heterocycles. The summed E-state index contributed by atoms with van der Waals surface area (Å²) in [7, 11) is 1.64. The third-order valence-electron chi connectivity index (χ3n) is 4.17. The van der Waals surface area contributed by atoms with Crippen molar-refractivity contribution in [3.8, 4) is 0 Å². The summed E-state index contributed by atoms with van der Waals surface area (Å²) in [6, 6.07) is 6.44. The Morgan fingerprint density at radius 1 is 0.966 bits per heavy atom. The van der Waals surface area contributed by atoms with E-state index in [2.05, 4.69) is 5.48 Å². The molecule has 0 aromatic heterocycles. The zero-order valence-electron chi connectivity index (χ0n) is 16.6. The predicted molar refractivity (Wildman–Crippen MR) is 101 cm³/mol. The zero-order valence-corrected chi connectivity index (χ0v) is 16.6. The first-order valence-corrected chi connectivity index (χ1v) is 9.05. The summed E-state index contributed by atoms with van der Waals surface area (Å²) in [5.41, 5.74) is 3.08. The van der Waals surface area contributed by atoms with Crippen molar-refractivity contribution in [2.75, 3.05) is 20.3 Å². The van der Waals surface area contributed by atoms with Crippen molar-refractivity contribution in [1.29, 1.82) is 0 Å². The van der Waals surface area contributed by atoms with Gasteiger partial charge < -0.3 is 15.1 Å². The fraction of sp³-hybridized carbons (Fsp3) is 0.474. The van der Waals surface area contributed by atoms with E-state index in [0.717, 1.165) is 0 Å². The van der Waals surface area contributed by atoms with Gasteiger partial charge in [0.25, 0.3) is 11.8 Å². The van der Waals surface area contributed by atoms with Crippen LogP contribution >= 0.6 is 0 Å². The number of hydrogen-bond donors (Lipinski definition) is 3. The lowest BCUT2D eigenvalue weighted by molar-refractivity contribution is -0.143. The van der Waals surface area contributed by atoms with Gasteiger partial charge in [0.05, 0.1) is 36.2 Å². The molecule has 160 valence electrons. The van der Waals surface area contributed by atoms with E-state index in [9.17, 15) is 19.2 Å². The van der Waals surface area contributed by atoms with E-state index in [0.29, 0.717) is 29.2 Å². The molecule has 10 nitrogen and oxygen atoms in total. The van der Waals surface area contributed by atoms with Crippen LogP contribution in [-0.4, -0.2) is 59.3 Å². The maximum absolute atomic E-state index is 11.9. The van der Waals surface area contributed by atoms with Gasteiger partial charge in [0, 0.05) is 7.05 Å². The van der Waals surface area contributed by atoms with Gasteiger partial charge in [-0.1, -0.05) is 26.0 Å². The Labute approximate surface area is 168 Å². The van der Waals surface area contributed by atoms with Crippen molar-refractivity contribution in [3.05, 3.63) is 35.4 Å². The Morgan fingerprint density at radius 3 is 1.83 bits per heavy atom. The van der Waals surface area contributed by atoms with Gasteiger partial charge in [0.1, 0.15) is 0 Å². The Balaban J connectivity index is 0.000000359. The lowest BCUT2D eigenvalue weighted by Gasteiger charge is -2.14. The van der Waals surface area contributed by atoms with E-state index in [1.165, 1.54) is 6.92 Å². The third kappa shape index (κ3) is 7.26. The summed E-state index contributed by atoms with van der Waals surface area (Å²) in [6.07, 6.45) is 0.763. The first-order valence-electron chi connectivity index (χ1n) is 9.05. The first-order chi connectivity index (χ1) is 13.7. The molecule has 1 aromatic rings. The third-order valence-corrected chi connectivity index (χ3v) is 4.17. The molecule has 2 atom stereocenters. The highest BCUT2D eigenvalue weighted by Gasteiger charge is 2.36. The Hall–Kier alpha value is -2.82. The summed E-state index contributed by atoms with van der Waals surface area (Å²) in [5.74, 6) is -3.65. The van der Waals surface area contributed by atoms with E-state index >= 15 is 0 Å². The van der Waals surface area contributed by atoms with Gasteiger partial charge in [-0.05, 0) is 25.0 Å². The molecular weight excluding hydrogens is 384 g/mol. The highest BCUT2D eigenvalue weighted by atomic mass is 16.7. The van der Waals surface area contributed by atoms with E-state index in [1.807, 2.05) is 0 Å². The average molecular weight is 410 g/mol. The van der Waals surface area contributed by atoms with E-state index in [1.54, 1.807) is 38.2 Å². The quantitative estimate of drug-likeness (QED) is 0.297. The second-order valence-electron chi connectivity index (χ2n) is 6.39. The van der Waals surface area contributed by atoms with Gasteiger partial charge in [-0.25, -0.2) is 5.48 Å². The Kier molecular flexibility index (Phi) is 9.93. The molecule has 1 aromatic carbocycles. The number of hydroxylamine groups is 3. The van der Waals surface area contributed by atoms with Crippen molar-refractivity contribution in [2.24, 2.45) is 11.8 Å². The molecule has 1 heterocycles. The fourth-order valence-electron chi connectivity index (χ4n) is 2.19. The maximum Gasteiger partial charge on any atom is 0.306 e. The van der Waals surface area contributed by atoms with Crippen molar-refractivity contribution < 1.29 is 39.1 Å². The molecule has 2 unspecified atom stereocenters. The number of imide groups is 1. The predicted octanol–water partition coefficient (Wildman–Crippen LogP) is 1.57. The summed E-state index contributed by atoms with van der Waals surface area (Å²) in [4.78, 5) is 54.5. The van der Waals surface area contributed by atoms with E-state index in [-0.39, 0.29) is 18.9 Å². The molecule has 2 amide bonds. The molecule has 1 aliphatic rings. The highest BCUT2D eigenvalue weighted by Crippen LogP contribution is 2.22. The minimum atomic E-state index is -0.939. The minimum absolute atomic E-state index is 0.00106. The van der Waals surface area contributed by atoms with Crippen LogP contribution in [0.3, 0.4) is 0 Å². The largest absolute Gasteiger partial charge is 0.481 e. The summed E-state index contributed by atoms with van der Waals surface area (Å²) >= 11 is 0. The van der Waals surface area contributed by atoms with Crippen molar-refractivity contribution in [3.63, 3.8) is 0 Å². The molecule has 10 heteroatoms.